The number of aliphatic hydroxyl groups excluding tert-OH is 1. The van der Waals surface area contributed by atoms with Crippen molar-refractivity contribution >= 4 is 5.78 Å². The molecule has 3 fully saturated rings. The van der Waals surface area contributed by atoms with Gasteiger partial charge in [0.2, 0.25) is 0 Å². The Morgan fingerprint density at radius 3 is 2.73 bits per heavy atom. The van der Waals surface area contributed by atoms with Gasteiger partial charge >= 0.3 is 0 Å². The highest BCUT2D eigenvalue weighted by molar-refractivity contribution is 5.91. The van der Waals surface area contributed by atoms with Crippen LogP contribution in [0.1, 0.15) is 65.2 Å². The van der Waals surface area contributed by atoms with Crippen LogP contribution in [0.3, 0.4) is 0 Å². The molecule has 0 saturated heterocycles. The standard InChI is InChI=1S/C20H30O2/c1-12(21)18-7-8-19-17-5-3-13-11-14(22)4-6-15(13)16(17)9-10-20(18,19)2/h11-12,15-19,21H,3-10H2,1-2H3/t12?,15-,16+,17+,18-,19+,20+/m0/s1. The minimum Gasteiger partial charge on any atom is -0.393 e. The largest absolute Gasteiger partial charge is 0.393 e. The van der Waals surface area contributed by atoms with E-state index in [9.17, 15) is 9.90 Å². The second-order valence-corrected chi connectivity index (χ2v) is 8.77. The highest BCUT2D eigenvalue weighted by atomic mass is 16.3. The zero-order chi connectivity index (χ0) is 15.5. The molecule has 2 heteroatoms. The molecule has 0 bridgehead atoms. The molecule has 0 radical (unpaired) electrons. The molecule has 0 aromatic heterocycles. The number of fused-ring (bicyclic) bond motifs is 5. The molecule has 0 aromatic rings. The molecular weight excluding hydrogens is 272 g/mol. The van der Waals surface area contributed by atoms with Crippen LogP contribution in [0.25, 0.3) is 0 Å². The van der Waals surface area contributed by atoms with E-state index in [1.54, 1.807) is 0 Å². The Balaban J connectivity index is 1.61. The molecule has 3 saturated carbocycles. The smallest absolute Gasteiger partial charge is 0.155 e. The van der Waals surface area contributed by atoms with Crippen LogP contribution in [0, 0.1) is 35.0 Å². The minimum atomic E-state index is -0.155. The van der Waals surface area contributed by atoms with Crippen LogP contribution in [-0.2, 0) is 4.79 Å². The van der Waals surface area contributed by atoms with Gasteiger partial charge in [0.05, 0.1) is 6.10 Å². The molecule has 7 atom stereocenters. The maximum Gasteiger partial charge on any atom is 0.155 e. The van der Waals surface area contributed by atoms with E-state index in [0.717, 1.165) is 37.0 Å². The summed E-state index contributed by atoms with van der Waals surface area (Å²) in [5, 5.41) is 10.2. The summed E-state index contributed by atoms with van der Waals surface area (Å²) in [6.07, 6.45) is 11.3. The zero-order valence-corrected chi connectivity index (χ0v) is 14.1. The fraction of sp³-hybridized carbons (Fsp3) is 0.850. The van der Waals surface area contributed by atoms with Crippen LogP contribution in [0.4, 0.5) is 0 Å². The van der Waals surface area contributed by atoms with Gasteiger partial charge in [-0.1, -0.05) is 12.5 Å². The molecule has 4 rings (SSSR count). The Bertz CT molecular complexity index is 506. The molecule has 2 nitrogen and oxygen atoms in total. The molecule has 0 aliphatic heterocycles. The monoisotopic (exact) mass is 302 g/mol. The molecule has 22 heavy (non-hydrogen) atoms. The quantitative estimate of drug-likeness (QED) is 0.791. The minimum absolute atomic E-state index is 0.155. The Morgan fingerprint density at radius 2 is 1.95 bits per heavy atom. The van der Waals surface area contributed by atoms with Crippen LogP contribution >= 0.6 is 0 Å². The van der Waals surface area contributed by atoms with E-state index in [2.05, 4.69) is 6.92 Å². The summed E-state index contributed by atoms with van der Waals surface area (Å²) < 4.78 is 0. The number of aliphatic hydroxyl groups is 1. The van der Waals surface area contributed by atoms with Gasteiger partial charge in [0.25, 0.3) is 0 Å². The van der Waals surface area contributed by atoms with E-state index in [1.165, 1.54) is 37.7 Å². The molecule has 1 N–H and O–H groups in total. The molecule has 122 valence electrons. The van der Waals surface area contributed by atoms with Crippen molar-refractivity contribution in [2.24, 2.45) is 35.0 Å². The third-order valence-electron chi connectivity index (χ3n) is 7.96. The summed E-state index contributed by atoms with van der Waals surface area (Å²) in [6, 6.07) is 0. The average molecular weight is 302 g/mol. The highest BCUT2D eigenvalue weighted by Gasteiger charge is 2.56. The maximum absolute atomic E-state index is 11.7. The summed E-state index contributed by atoms with van der Waals surface area (Å²) in [7, 11) is 0. The molecule has 4 aliphatic rings. The fourth-order valence-electron chi connectivity index (χ4n) is 7.01. The van der Waals surface area contributed by atoms with Gasteiger partial charge in [0, 0.05) is 6.42 Å². The number of hydrogen-bond donors (Lipinski definition) is 1. The summed E-state index contributed by atoms with van der Waals surface area (Å²) in [4.78, 5) is 11.7. The number of ketones is 1. The summed E-state index contributed by atoms with van der Waals surface area (Å²) in [5.41, 5.74) is 1.84. The first kappa shape index (κ1) is 14.9. The lowest BCUT2D eigenvalue weighted by Crippen LogP contribution is -2.47. The first-order valence-corrected chi connectivity index (χ1v) is 9.42. The number of allylic oxidation sites excluding steroid dienone is 1. The predicted octanol–water partition coefficient (Wildman–Crippen LogP) is 4.13. The van der Waals surface area contributed by atoms with Crippen molar-refractivity contribution in [3.05, 3.63) is 11.6 Å². The van der Waals surface area contributed by atoms with Crippen molar-refractivity contribution < 1.29 is 9.90 Å². The van der Waals surface area contributed by atoms with E-state index >= 15 is 0 Å². The van der Waals surface area contributed by atoms with Gasteiger partial charge in [-0.3, -0.25) is 4.79 Å². The lowest BCUT2D eigenvalue weighted by Gasteiger charge is -2.54. The van der Waals surface area contributed by atoms with Crippen molar-refractivity contribution in [3.63, 3.8) is 0 Å². The highest BCUT2D eigenvalue weighted by Crippen LogP contribution is 2.64. The van der Waals surface area contributed by atoms with E-state index in [4.69, 9.17) is 0 Å². The van der Waals surface area contributed by atoms with E-state index in [0.29, 0.717) is 23.0 Å². The first-order valence-electron chi connectivity index (χ1n) is 9.42. The number of rotatable bonds is 1. The van der Waals surface area contributed by atoms with Crippen LogP contribution < -0.4 is 0 Å². The molecule has 0 heterocycles. The van der Waals surface area contributed by atoms with Crippen LogP contribution in [0.2, 0.25) is 0 Å². The topological polar surface area (TPSA) is 37.3 Å². The van der Waals surface area contributed by atoms with Crippen molar-refractivity contribution in [1.82, 2.24) is 0 Å². The van der Waals surface area contributed by atoms with Gasteiger partial charge in [-0.25, -0.2) is 0 Å². The van der Waals surface area contributed by atoms with Crippen molar-refractivity contribution in [2.45, 2.75) is 71.3 Å². The van der Waals surface area contributed by atoms with Crippen molar-refractivity contribution in [1.29, 1.82) is 0 Å². The van der Waals surface area contributed by atoms with Crippen LogP contribution in [0.15, 0.2) is 11.6 Å². The lowest BCUT2D eigenvalue weighted by atomic mass is 9.51. The van der Waals surface area contributed by atoms with Gasteiger partial charge in [-0.2, -0.15) is 0 Å². The molecule has 0 aromatic carbocycles. The van der Waals surface area contributed by atoms with Gasteiger partial charge < -0.3 is 5.11 Å². The molecule has 0 amide bonds. The van der Waals surface area contributed by atoms with E-state index < -0.39 is 0 Å². The third kappa shape index (κ3) is 2.06. The Labute approximate surface area is 134 Å². The van der Waals surface area contributed by atoms with Gasteiger partial charge in [0.1, 0.15) is 0 Å². The summed E-state index contributed by atoms with van der Waals surface area (Å²) >= 11 is 0. The Morgan fingerprint density at radius 1 is 1.14 bits per heavy atom. The van der Waals surface area contributed by atoms with E-state index in [1.807, 2.05) is 13.0 Å². The van der Waals surface area contributed by atoms with Crippen LogP contribution in [-0.4, -0.2) is 17.0 Å². The zero-order valence-electron chi connectivity index (χ0n) is 14.1. The van der Waals surface area contributed by atoms with Gasteiger partial charge in [-0.05, 0) is 93.0 Å². The maximum atomic E-state index is 11.7. The van der Waals surface area contributed by atoms with Crippen molar-refractivity contribution in [3.8, 4) is 0 Å². The van der Waals surface area contributed by atoms with Gasteiger partial charge in [-0.15, -0.1) is 0 Å². The average Bonchev–Trinajstić information content (AvgIpc) is 2.84. The predicted molar refractivity (Wildman–Crippen MR) is 87.3 cm³/mol. The second kappa shape index (κ2) is 5.19. The summed E-state index contributed by atoms with van der Waals surface area (Å²) in [5.74, 6) is 4.04. The normalized spacial score (nSPS) is 49.0. The molecule has 0 spiro atoms. The fourth-order valence-corrected chi connectivity index (χ4v) is 7.01. The second-order valence-electron chi connectivity index (χ2n) is 8.77. The molecule has 4 aliphatic carbocycles. The number of carbonyl (C=O) groups excluding carboxylic acids is 1. The van der Waals surface area contributed by atoms with Crippen molar-refractivity contribution in [2.75, 3.05) is 0 Å². The lowest BCUT2D eigenvalue weighted by molar-refractivity contribution is -0.116. The Hall–Kier alpha value is -0.630. The third-order valence-corrected chi connectivity index (χ3v) is 7.96. The SMILES string of the molecule is CC(O)[C@@H]1CC[C@@H]2[C@@H]3CCC4=CC(=O)CC[C@@H]4[C@H]3CC[C@@]21C. The Kier molecular flexibility index (Phi) is 3.52. The van der Waals surface area contributed by atoms with Crippen LogP contribution in [0.5, 0.6) is 0 Å². The number of hydrogen-bond acceptors (Lipinski definition) is 2. The molecule has 1 unspecified atom stereocenters. The number of carbonyl (C=O) groups is 1. The first-order chi connectivity index (χ1) is 10.5. The molecular formula is C20H30O2. The van der Waals surface area contributed by atoms with E-state index in [-0.39, 0.29) is 6.10 Å². The summed E-state index contributed by atoms with van der Waals surface area (Å²) in [6.45, 7) is 4.47. The van der Waals surface area contributed by atoms with Gasteiger partial charge in [0.15, 0.2) is 5.78 Å².